The fourth-order valence-corrected chi connectivity index (χ4v) is 3.36. The van der Waals surface area contributed by atoms with Crippen molar-refractivity contribution in [1.29, 1.82) is 0 Å². The zero-order valence-corrected chi connectivity index (χ0v) is 9.86. The van der Waals surface area contributed by atoms with Crippen LogP contribution in [0.2, 0.25) is 0 Å². The van der Waals surface area contributed by atoms with Crippen molar-refractivity contribution in [1.82, 2.24) is 0 Å². The van der Waals surface area contributed by atoms with E-state index in [1.54, 1.807) is 5.56 Å². The maximum Gasteiger partial charge on any atom is 0.00555 e. The lowest BCUT2D eigenvalue weighted by atomic mass is 9.83. The van der Waals surface area contributed by atoms with Gasteiger partial charge in [0.25, 0.3) is 0 Å². The van der Waals surface area contributed by atoms with Gasteiger partial charge < -0.3 is 0 Å². The number of rotatable bonds is 1. The van der Waals surface area contributed by atoms with E-state index in [2.05, 4.69) is 36.4 Å². The van der Waals surface area contributed by atoms with E-state index in [0.29, 0.717) is 5.92 Å². The van der Waals surface area contributed by atoms with E-state index in [9.17, 15) is 0 Å². The van der Waals surface area contributed by atoms with E-state index in [0.717, 1.165) is 5.92 Å². The van der Waals surface area contributed by atoms with Gasteiger partial charge in [-0.15, -0.1) is 0 Å². The summed E-state index contributed by atoms with van der Waals surface area (Å²) in [7, 11) is 0. The van der Waals surface area contributed by atoms with Crippen LogP contribution in [0.4, 0.5) is 0 Å². The van der Waals surface area contributed by atoms with Gasteiger partial charge in [0.05, 0.1) is 0 Å². The molecule has 1 unspecified atom stereocenters. The van der Waals surface area contributed by atoms with E-state index in [-0.39, 0.29) is 0 Å². The molecule has 0 N–H and O–H groups in total. The number of hydrogen-bond acceptors (Lipinski definition) is 0. The first-order valence-electron chi connectivity index (χ1n) is 6.72. The van der Waals surface area contributed by atoms with Gasteiger partial charge in [0, 0.05) is 5.92 Å². The minimum atomic E-state index is 0.717. The van der Waals surface area contributed by atoms with Crippen molar-refractivity contribution in [3.8, 4) is 0 Å². The van der Waals surface area contributed by atoms with E-state index >= 15 is 0 Å². The summed E-state index contributed by atoms with van der Waals surface area (Å²) >= 11 is 0. The summed E-state index contributed by atoms with van der Waals surface area (Å²) in [5.41, 5.74) is 3.03. The molecule has 0 aliphatic heterocycles. The molecular formula is C16H20. The molecule has 0 heteroatoms. The third-order valence-electron chi connectivity index (χ3n) is 4.25. The van der Waals surface area contributed by atoms with Crippen LogP contribution in [-0.2, 0) is 0 Å². The van der Waals surface area contributed by atoms with Gasteiger partial charge in [-0.25, -0.2) is 0 Å². The molecule has 2 aliphatic rings. The van der Waals surface area contributed by atoms with Gasteiger partial charge in [0.2, 0.25) is 0 Å². The second-order valence-electron chi connectivity index (χ2n) is 5.27. The molecule has 3 rings (SSSR count). The SMILES string of the molecule is C1=CC(C2CCCCCC2)c2ccccc21. The van der Waals surface area contributed by atoms with E-state index in [1.807, 2.05) is 0 Å². The van der Waals surface area contributed by atoms with Crippen molar-refractivity contribution in [3.63, 3.8) is 0 Å². The zero-order valence-electron chi connectivity index (χ0n) is 9.86. The van der Waals surface area contributed by atoms with E-state index < -0.39 is 0 Å². The molecule has 0 bridgehead atoms. The third kappa shape index (κ3) is 1.81. The molecule has 84 valence electrons. The highest BCUT2D eigenvalue weighted by atomic mass is 14.3. The lowest BCUT2D eigenvalue weighted by Crippen LogP contribution is -2.09. The molecule has 1 fully saturated rings. The molecule has 1 aromatic rings. The quantitative estimate of drug-likeness (QED) is 0.588. The Hall–Kier alpha value is -1.04. The molecule has 0 heterocycles. The average molecular weight is 212 g/mol. The molecule has 0 spiro atoms. The highest BCUT2D eigenvalue weighted by Gasteiger charge is 2.26. The van der Waals surface area contributed by atoms with Crippen LogP contribution in [0.15, 0.2) is 30.3 Å². The van der Waals surface area contributed by atoms with Crippen molar-refractivity contribution in [2.24, 2.45) is 5.92 Å². The summed E-state index contributed by atoms with van der Waals surface area (Å²) in [5, 5.41) is 0. The lowest BCUT2D eigenvalue weighted by molar-refractivity contribution is 0.422. The van der Waals surface area contributed by atoms with Gasteiger partial charge in [-0.2, -0.15) is 0 Å². The maximum absolute atomic E-state index is 2.45. The van der Waals surface area contributed by atoms with Crippen LogP contribution in [0.1, 0.15) is 55.6 Å². The minimum Gasteiger partial charge on any atom is -0.0761 e. The Kier molecular flexibility index (Phi) is 2.82. The van der Waals surface area contributed by atoms with Crippen molar-refractivity contribution in [2.45, 2.75) is 44.4 Å². The van der Waals surface area contributed by atoms with Crippen molar-refractivity contribution < 1.29 is 0 Å². The van der Waals surface area contributed by atoms with Gasteiger partial charge in [0.1, 0.15) is 0 Å². The molecular weight excluding hydrogens is 192 g/mol. The fraction of sp³-hybridized carbons (Fsp3) is 0.500. The predicted molar refractivity (Wildman–Crippen MR) is 69.4 cm³/mol. The molecule has 0 nitrogen and oxygen atoms in total. The highest BCUT2D eigenvalue weighted by molar-refractivity contribution is 5.62. The molecule has 0 saturated heterocycles. The van der Waals surface area contributed by atoms with Gasteiger partial charge >= 0.3 is 0 Å². The van der Waals surface area contributed by atoms with Crippen LogP contribution < -0.4 is 0 Å². The molecule has 2 aliphatic carbocycles. The lowest BCUT2D eigenvalue weighted by Gasteiger charge is -2.21. The van der Waals surface area contributed by atoms with E-state index in [4.69, 9.17) is 0 Å². The Balaban J connectivity index is 1.83. The van der Waals surface area contributed by atoms with E-state index in [1.165, 1.54) is 44.1 Å². The average Bonchev–Trinajstić information content (AvgIpc) is 2.57. The van der Waals surface area contributed by atoms with Gasteiger partial charge in [0.15, 0.2) is 0 Å². The first-order valence-corrected chi connectivity index (χ1v) is 6.72. The van der Waals surface area contributed by atoms with Crippen molar-refractivity contribution in [3.05, 3.63) is 41.5 Å². The van der Waals surface area contributed by atoms with Crippen molar-refractivity contribution >= 4 is 6.08 Å². The smallest absolute Gasteiger partial charge is 0.00555 e. The van der Waals surface area contributed by atoms with Crippen LogP contribution >= 0.6 is 0 Å². The monoisotopic (exact) mass is 212 g/mol. The first-order chi connectivity index (χ1) is 7.95. The molecule has 0 amide bonds. The summed E-state index contributed by atoms with van der Waals surface area (Å²) in [4.78, 5) is 0. The Labute approximate surface area is 98.4 Å². The topological polar surface area (TPSA) is 0 Å². The first kappa shape index (κ1) is 10.1. The molecule has 1 saturated carbocycles. The second-order valence-corrected chi connectivity index (χ2v) is 5.27. The Bertz CT molecular complexity index is 381. The van der Waals surface area contributed by atoms with Crippen LogP contribution in [-0.4, -0.2) is 0 Å². The predicted octanol–water partition coefficient (Wildman–Crippen LogP) is 4.77. The summed E-state index contributed by atoms with van der Waals surface area (Å²) in [6, 6.07) is 8.92. The molecule has 1 aromatic carbocycles. The molecule has 16 heavy (non-hydrogen) atoms. The maximum atomic E-state index is 2.45. The largest absolute Gasteiger partial charge is 0.0761 e. The molecule has 0 radical (unpaired) electrons. The van der Waals surface area contributed by atoms with Crippen LogP contribution in [0.25, 0.3) is 6.08 Å². The molecule has 1 atom stereocenters. The highest BCUT2D eigenvalue weighted by Crippen LogP contribution is 2.41. The zero-order chi connectivity index (χ0) is 10.8. The summed E-state index contributed by atoms with van der Waals surface area (Å²) < 4.78 is 0. The minimum absolute atomic E-state index is 0.717. The van der Waals surface area contributed by atoms with Crippen molar-refractivity contribution in [2.75, 3.05) is 0 Å². The number of fused-ring (bicyclic) bond motifs is 1. The Morgan fingerprint density at radius 1 is 0.875 bits per heavy atom. The third-order valence-corrected chi connectivity index (χ3v) is 4.25. The van der Waals surface area contributed by atoms with Crippen LogP contribution in [0.3, 0.4) is 0 Å². The normalized spacial score (nSPS) is 25.4. The van der Waals surface area contributed by atoms with Gasteiger partial charge in [-0.05, 0) is 29.9 Å². The Morgan fingerprint density at radius 3 is 2.44 bits per heavy atom. The summed E-state index contributed by atoms with van der Waals surface area (Å²) in [5.74, 6) is 1.62. The summed E-state index contributed by atoms with van der Waals surface area (Å²) in [6.07, 6.45) is 13.4. The fourth-order valence-electron chi connectivity index (χ4n) is 3.36. The second kappa shape index (κ2) is 4.45. The standard InChI is InChI=1S/C16H20/c1-2-4-8-13(7-3-1)16-12-11-14-9-5-6-10-15(14)16/h5-6,9-13,16H,1-4,7-8H2. The summed E-state index contributed by atoms with van der Waals surface area (Å²) in [6.45, 7) is 0. The Morgan fingerprint density at radius 2 is 1.62 bits per heavy atom. The number of benzene rings is 1. The van der Waals surface area contributed by atoms with Crippen LogP contribution in [0.5, 0.6) is 0 Å². The number of allylic oxidation sites excluding steroid dienone is 1. The molecule has 0 aromatic heterocycles. The van der Waals surface area contributed by atoms with Gasteiger partial charge in [-0.3, -0.25) is 0 Å². The van der Waals surface area contributed by atoms with Gasteiger partial charge in [-0.1, -0.05) is 62.1 Å². The number of hydrogen-bond donors (Lipinski definition) is 0. The van der Waals surface area contributed by atoms with Crippen LogP contribution in [0, 0.1) is 5.92 Å².